The lowest BCUT2D eigenvalue weighted by Gasteiger charge is -2.10. The molecular weight excluding hydrogens is 321 g/mol. The van der Waals surface area contributed by atoms with E-state index in [-0.39, 0.29) is 30.7 Å². The van der Waals surface area contributed by atoms with Crippen LogP contribution in [0.25, 0.3) is 0 Å². The first-order chi connectivity index (χ1) is 11.0. The minimum absolute atomic E-state index is 0.200. The monoisotopic (exact) mass is 335 g/mol. The molecule has 0 atom stereocenters. The van der Waals surface area contributed by atoms with Crippen LogP contribution in [0, 0.1) is 5.82 Å². The molecule has 6 heteroatoms. The van der Waals surface area contributed by atoms with E-state index in [2.05, 4.69) is 5.32 Å². The van der Waals surface area contributed by atoms with Gasteiger partial charge in [0.2, 0.25) is 0 Å². The summed E-state index contributed by atoms with van der Waals surface area (Å²) in [5.41, 5.74) is 1.10. The lowest BCUT2D eigenvalue weighted by atomic mass is 10.1. The largest absolute Gasteiger partial charge is 0.483 e. The summed E-state index contributed by atoms with van der Waals surface area (Å²) in [6.45, 7) is 1.43. The second kappa shape index (κ2) is 7.74. The zero-order valence-corrected chi connectivity index (χ0v) is 13.2. The lowest BCUT2D eigenvalue weighted by molar-refractivity contribution is -0.123. The van der Waals surface area contributed by atoms with Crippen molar-refractivity contribution < 1.29 is 18.7 Å². The summed E-state index contributed by atoms with van der Waals surface area (Å²) in [7, 11) is 0. The van der Waals surface area contributed by atoms with Crippen LogP contribution >= 0.6 is 11.6 Å². The van der Waals surface area contributed by atoms with E-state index in [1.807, 2.05) is 0 Å². The number of hydrogen-bond acceptors (Lipinski definition) is 3. The number of hydrogen-bond donors (Lipinski definition) is 1. The number of nitrogens with one attached hydrogen (secondary N) is 1. The van der Waals surface area contributed by atoms with Gasteiger partial charge in [-0.3, -0.25) is 9.59 Å². The predicted molar refractivity (Wildman–Crippen MR) is 85.2 cm³/mol. The summed E-state index contributed by atoms with van der Waals surface area (Å²) in [5.74, 6) is -0.574. The number of benzene rings is 2. The highest BCUT2D eigenvalue weighted by molar-refractivity contribution is 6.31. The van der Waals surface area contributed by atoms with Gasteiger partial charge in [0.1, 0.15) is 11.6 Å². The molecule has 2 rings (SSSR count). The summed E-state index contributed by atoms with van der Waals surface area (Å²) in [6.07, 6.45) is 0. The first-order valence-electron chi connectivity index (χ1n) is 6.90. The van der Waals surface area contributed by atoms with Gasteiger partial charge in [-0.1, -0.05) is 23.7 Å². The molecule has 2 aromatic carbocycles. The number of ketones is 1. The number of amides is 1. The molecule has 0 aliphatic rings. The van der Waals surface area contributed by atoms with Gasteiger partial charge in [-0.2, -0.15) is 0 Å². The van der Waals surface area contributed by atoms with Gasteiger partial charge in [0.15, 0.2) is 12.4 Å². The molecule has 23 heavy (non-hydrogen) atoms. The zero-order valence-electron chi connectivity index (χ0n) is 12.4. The molecule has 0 bridgehead atoms. The minimum atomic E-state index is -0.348. The number of carbonyl (C=O) groups is 2. The third-order valence-corrected chi connectivity index (χ3v) is 3.32. The molecule has 4 nitrogen and oxygen atoms in total. The fourth-order valence-electron chi connectivity index (χ4n) is 1.90. The maximum absolute atomic E-state index is 12.8. The Morgan fingerprint density at radius 2 is 1.87 bits per heavy atom. The molecule has 0 saturated carbocycles. The number of halogens is 2. The second-order valence-electron chi connectivity index (χ2n) is 4.89. The Morgan fingerprint density at radius 3 is 2.52 bits per heavy atom. The Kier molecular flexibility index (Phi) is 5.71. The number of carbonyl (C=O) groups excluding carboxylic acids is 2. The van der Waals surface area contributed by atoms with E-state index in [9.17, 15) is 14.0 Å². The number of rotatable bonds is 6. The van der Waals surface area contributed by atoms with Crippen molar-refractivity contribution in [1.82, 2.24) is 5.32 Å². The molecule has 0 aliphatic heterocycles. The van der Waals surface area contributed by atoms with E-state index in [0.29, 0.717) is 16.3 Å². The van der Waals surface area contributed by atoms with Gasteiger partial charge in [0.05, 0.1) is 5.56 Å². The average molecular weight is 336 g/mol. The molecule has 0 radical (unpaired) electrons. The van der Waals surface area contributed by atoms with Crippen LogP contribution in [0.15, 0.2) is 42.5 Å². The molecular formula is C17H15ClFNO3. The highest BCUT2D eigenvalue weighted by Gasteiger charge is 2.11. The van der Waals surface area contributed by atoms with Crippen LogP contribution in [0.4, 0.5) is 4.39 Å². The van der Waals surface area contributed by atoms with Gasteiger partial charge >= 0.3 is 0 Å². The van der Waals surface area contributed by atoms with Crippen LogP contribution in [0.2, 0.25) is 5.02 Å². The fraction of sp³-hybridized carbons (Fsp3) is 0.176. The molecule has 120 valence electrons. The SMILES string of the molecule is CC(=O)c1cc(Cl)ccc1OCC(=O)NCc1ccc(F)cc1. The van der Waals surface area contributed by atoms with Crippen LogP contribution in [-0.2, 0) is 11.3 Å². The van der Waals surface area contributed by atoms with Crippen LogP contribution in [-0.4, -0.2) is 18.3 Å². The summed E-state index contributed by atoms with van der Waals surface area (Å²) in [6, 6.07) is 10.4. The van der Waals surface area contributed by atoms with E-state index in [0.717, 1.165) is 5.56 Å². The quantitative estimate of drug-likeness (QED) is 0.823. The van der Waals surface area contributed by atoms with Crippen molar-refractivity contribution in [3.63, 3.8) is 0 Å². The number of ether oxygens (including phenoxy) is 1. The Bertz CT molecular complexity index is 716. The van der Waals surface area contributed by atoms with Gasteiger partial charge in [0.25, 0.3) is 5.91 Å². The first-order valence-corrected chi connectivity index (χ1v) is 7.28. The van der Waals surface area contributed by atoms with Crippen molar-refractivity contribution in [3.8, 4) is 5.75 Å². The van der Waals surface area contributed by atoms with Crippen molar-refractivity contribution >= 4 is 23.3 Å². The summed E-state index contributed by atoms with van der Waals surface area (Å²) >= 11 is 5.84. The molecule has 0 fully saturated rings. The highest BCUT2D eigenvalue weighted by atomic mass is 35.5. The molecule has 0 heterocycles. The minimum Gasteiger partial charge on any atom is -0.483 e. The van der Waals surface area contributed by atoms with E-state index in [4.69, 9.17) is 16.3 Å². The Balaban J connectivity index is 1.89. The van der Waals surface area contributed by atoms with E-state index >= 15 is 0 Å². The van der Waals surface area contributed by atoms with Gasteiger partial charge < -0.3 is 10.1 Å². The second-order valence-corrected chi connectivity index (χ2v) is 5.32. The summed E-state index contributed by atoms with van der Waals surface area (Å²) < 4.78 is 18.2. The molecule has 0 saturated heterocycles. The molecule has 1 amide bonds. The van der Waals surface area contributed by atoms with Gasteiger partial charge in [-0.25, -0.2) is 4.39 Å². The third kappa shape index (κ3) is 5.07. The molecule has 0 spiro atoms. The molecule has 0 unspecified atom stereocenters. The highest BCUT2D eigenvalue weighted by Crippen LogP contribution is 2.23. The van der Waals surface area contributed by atoms with Crippen LogP contribution in [0.5, 0.6) is 5.75 Å². The van der Waals surface area contributed by atoms with Gasteiger partial charge in [-0.15, -0.1) is 0 Å². The van der Waals surface area contributed by atoms with Crippen molar-refractivity contribution in [2.75, 3.05) is 6.61 Å². The van der Waals surface area contributed by atoms with Gasteiger partial charge in [0, 0.05) is 11.6 Å². The summed E-state index contributed by atoms with van der Waals surface area (Å²) in [5, 5.41) is 3.07. The molecule has 2 aromatic rings. The van der Waals surface area contributed by atoms with Crippen LogP contribution in [0.1, 0.15) is 22.8 Å². The first kappa shape index (κ1) is 17.0. The normalized spacial score (nSPS) is 10.2. The van der Waals surface area contributed by atoms with Crippen molar-refractivity contribution in [2.45, 2.75) is 13.5 Å². The third-order valence-electron chi connectivity index (χ3n) is 3.08. The zero-order chi connectivity index (χ0) is 16.8. The van der Waals surface area contributed by atoms with Crippen molar-refractivity contribution in [1.29, 1.82) is 0 Å². The molecule has 1 N–H and O–H groups in total. The predicted octanol–water partition coefficient (Wildman–Crippen LogP) is 3.38. The standard InChI is InChI=1S/C17H15ClFNO3/c1-11(21)15-8-13(18)4-7-16(15)23-10-17(22)20-9-12-2-5-14(19)6-3-12/h2-8H,9-10H2,1H3,(H,20,22). The number of Topliss-reactive ketones (excluding diaryl/α,β-unsaturated/α-hetero) is 1. The fourth-order valence-corrected chi connectivity index (χ4v) is 2.07. The van der Waals surface area contributed by atoms with Crippen molar-refractivity contribution in [2.24, 2.45) is 0 Å². The molecule has 0 aromatic heterocycles. The van der Waals surface area contributed by atoms with Gasteiger partial charge in [-0.05, 0) is 42.8 Å². The van der Waals surface area contributed by atoms with E-state index in [1.54, 1.807) is 24.3 Å². The van der Waals surface area contributed by atoms with E-state index in [1.165, 1.54) is 25.1 Å². The molecule has 0 aliphatic carbocycles. The summed E-state index contributed by atoms with van der Waals surface area (Å²) in [4.78, 5) is 23.3. The maximum Gasteiger partial charge on any atom is 0.258 e. The van der Waals surface area contributed by atoms with Crippen molar-refractivity contribution in [3.05, 3.63) is 64.4 Å². The Morgan fingerprint density at radius 1 is 1.17 bits per heavy atom. The smallest absolute Gasteiger partial charge is 0.258 e. The lowest BCUT2D eigenvalue weighted by Crippen LogP contribution is -2.28. The Hall–Kier alpha value is -2.40. The maximum atomic E-state index is 12.8. The van der Waals surface area contributed by atoms with Crippen LogP contribution < -0.4 is 10.1 Å². The topological polar surface area (TPSA) is 55.4 Å². The Labute approximate surface area is 138 Å². The van der Waals surface area contributed by atoms with Crippen LogP contribution in [0.3, 0.4) is 0 Å². The average Bonchev–Trinajstić information content (AvgIpc) is 2.53. The van der Waals surface area contributed by atoms with E-state index < -0.39 is 0 Å².